The van der Waals surface area contributed by atoms with Gasteiger partial charge in [0.2, 0.25) is 0 Å². The Kier molecular flexibility index (Phi) is 9.51. The minimum atomic E-state index is -1.62. The molecule has 5 nitrogen and oxygen atoms in total. The van der Waals surface area contributed by atoms with Gasteiger partial charge >= 0.3 is 22.5 Å². The summed E-state index contributed by atoms with van der Waals surface area (Å²) in [4.78, 5) is 18.8. The molecule has 0 saturated carbocycles. The van der Waals surface area contributed by atoms with Crippen molar-refractivity contribution in [3.8, 4) is 0 Å². The number of pyridine rings is 2. The fourth-order valence-corrected chi connectivity index (χ4v) is 2.33. The third kappa shape index (κ3) is 6.70. The van der Waals surface area contributed by atoms with Crippen LogP contribution in [-0.4, -0.2) is 31.1 Å². The van der Waals surface area contributed by atoms with Crippen molar-refractivity contribution in [1.82, 2.24) is 9.97 Å². The van der Waals surface area contributed by atoms with E-state index in [1.165, 1.54) is 10.9 Å². The number of carbonyl (C=O) groups excluding carboxylic acids is 1. The molecule has 0 aliphatic heterocycles. The SMILES string of the molecule is C.Cc1ccc2cccnc2c1.O=Cc1ccc2cccnc2c1.O=[Se]=O. The molecule has 138 valence electrons. The number of fused-ring (bicyclic) bond motifs is 2. The summed E-state index contributed by atoms with van der Waals surface area (Å²) in [6.45, 7) is 2.08. The zero-order chi connectivity index (χ0) is 18.8. The molecule has 2 aromatic carbocycles. The molecule has 0 radical (unpaired) electrons. The van der Waals surface area contributed by atoms with Crippen molar-refractivity contribution in [2.75, 3.05) is 0 Å². The van der Waals surface area contributed by atoms with Gasteiger partial charge in [-0.1, -0.05) is 43.8 Å². The number of rotatable bonds is 1. The first kappa shape index (κ1) is 22.1. The van der Waals surface area contributed by atoms with E-state index in [9.17, 15) is 4.79 Å². The van der Waals surface area contributed by atoms with E-state index in [4.69, 9.17) is 7.67 Å². The van der Waals surface area contributed by atoms with Crippen LogP contribution in [0.5, 0.6) is 0 Å². The average Bonchev–Trinajstić information content (AvgIpc) is 2.68. The predicted molar refractivity (Wildman–Crippen MR) is 107 cm³/mol. The molecule has 0 amide bonds. The van der Waals surface area contributed by atoms with E-state index in [-0.39, 0.29) is 7.43 Å². The normalized spacial score (nSPS) is 9.07. The maximum absolute atomic E-state index is 10.4. The Labute approximate surface area is 164 Å². The Morgan fingerprint density at radius 1 is 0.815 bits per heavy atom. The molecular weight excluding hydrogens is 407 g/mol. The van der Waals surface area contributed by atoms with Crippen molar-refractivity contribution in [1.29, 1.82) is 0 Å². The number of aryl methyl sites for hydroxylation is 1. The Balaban J connectivity index is 0.000000229. The first-order chi connectivity index (χ1) is 12.7. The van der Waals surface area contributed by atoms with Crippen molar-refractivity contribution in [3.63, 3.8) is 0 Å². The fraction of sp³-hybridized carbons (Fsp3) is 0.0952. The van der Waals surface area contributed by atoms with Crippen LogP contribution in [0.4, 0.5) is 0 Å². The van der Waals surface area contributed by atoms with Crippen molar-refractivity contribution in [3.05, 3.63) is 84.2 Å². The number of nitrogens with zero attached hydrogens (tertiary/aromatic N) is 2. The summed E-state index contributed by atoms with van der Waals surface area (Å²) in [6.07, 6.45) is 4.37. The third-order valence-corrected chi connectivity index (χ3v) is 3.53. The van der Waals surface area contributed by atoms with Crippen LogP contribution < -0.4 is 0 Å². The molecule has 6 heteroatoms. The van der Waals surface area contributed by atoms with Crippen molar-refractivity contribution in [2.45, 2.75) is 14.4 Å². The summed E-state index contributed by atoms with van der Waals surface area (Å²) in [5.41, 5.74) is 3.87. The second-order valence-corrected chi connectivity index (χ2v) is 5.63. The van der Waals surface area contributed by atoms with Gasteiger partial charge in [0.15, 0.2) is 0 Å². The zero-order valence-corrected chi connectivity index (χ0v) is 15.7. The number of aromatic nitrogens is 2. The van der Waals surface area contributed by atoms with E-state index in [1.807, 2.05) is 30.5 Å². The van der Waals surface area contributed by atoms with Gasteiger partial charge in [-0.25, -0.2) is 0 Å². The average molecular weight is 427 g/mol. The van der Waals surface area contributed by atoms with Gasteiger partial charge in [0.05, 0.1) is 11.0 Å². The molecule has 2 aromatic heterocycles. The molecule has 4 rings (SSSR count). The second-order valence-electron chi connectivity index (χ2n) is 5.34. The number of hydrogen-bond donors (Lipinski definition) is 0. The van der Waals surface area contributed by atoms with Gasteiger partial charge in [-0.15, -0.1) is 0 Å². The second kappa shape index (κ2) is 11.6. The van der Waals surface area contributed by atoms with Gasteiger partial charge in [-0.3, -0.25) is 14.8 Å². The minimum absolute atomic E-state index is 0. The molecule has 0 saturated heterocycles. The Hall–Kier alpha value is -2.95. The Morgan fingerprint density at radius 2 is 1.33 bits per heavy atom. The molecular formula is C21H20N2O3Se. The summed E-state index contributed by atoms with van der Waals surface area (Å²) in [6, 6.07) is 19.6. The van der Waals surface area contributed by atoms with E-state index in [1.54, 1.807) is 18.3 Å². The van der Waals surface area contributed by atoms with Gasteiger partial charge < -0.3 is 0 Å². The first-order valence-corrected chi connectivity index (χ1v) is 9.11. The number of benzene rings is 2. The van der Waals surface area contributed by atoms with E-state index in [0.29, 0.717) is 5.56 Å². The van der Waals surface area contributed by atoms with Crippen LogP contribution in [-0.2, 0) is 7.67 Å². The maximum atomic E-state index is 10.4. The topological polar surface area (TPSA) is 77.0 Å². The summed E-state index contributed by atoms with van der Waals surface area (Å²) in [7, 11) is 0. The van der Waals surface area contributed by atoms with Crippen molar-refractivity contribution in [2.24, 2.45) is 0 Å². The molecule has 0 bridgehead atoms. The van der Waals surface area contributed by atoms with Crippen LogP contribution in [0.15, 0.2) is 73.1 Å². The van der Waals surface area contributed by atoms with Gasteiger partial charge in [0.25, 0.3) is 0 Å². The molecule has 0 atom stereocenters. The molecule has 0 aliphatic rings. The number of carbonyl (C=O) groups is 1. The van der Waals surface area contributed by atoms with E-state index < -0.39 is 14.8 Å². The van der Waals surface area contributed by atoms with Crippen molar-refractivity contribution >= 4 is 42.9 Å². The predicted octanol–water partition coefficient (Wildman–Crippen LogP) is 4.61. The fourth-order valence-electron chi connectivity index (χ4n) is 2.33. The summed E-state index contributed by atoms with van der Waals surface area (Å²) in [5, 5.41) is 2.27. The monoisotopic (exact) mass is 428 g/mol. The van der Waals surface area contributed by atoms with Crippen LogP contribution in [0.2, 0.25) is 0 Å². The quantitative estimate of drug-likeness (QED) is 0.328. The van der Waals surface area contributed by atoms with E-state index in [2.05, 4.69) is 41.2 Å². The molecule has 4 aromatic rings. The van der Waals surface area contributed by atoms with Crippen molar-refractivity contribution < 1.29 is 12.5 Å². The zero-order valence-electron chi connectivity index (χ0n) is 14.0. The number of aldehydes is 1. The van der Waals surface area contributed by atoms with E-state index in [0.717, 1.165) is 22.7 Å². The van der Waals surface area contributed by atoms with Gasteiger partial charge in [0.1, 0.15) is 6.29 Å². The number of hydrogen-bond acceptors (Lipinski definition) is 5. The summed E-state index contributed by atoms with van der Waals surface area (Å²) < 4.78 is 16.9. The first-order valence-electron chi connectivity index (χ1n) is 7.71. The van der Waals surface area contributed by atoms with Crippen LogP contribution in [0, 0.1) is 6.92 Å². The van der Waals surface area contributed by atoms with Crippen LogP contribution in [0.3, 0.4) is 0 Å². The third-order valence-electron chi connectivity index (χ3n) is 3.53. The van der Waals surface area contributed by atoms with E-state index >= 15 is 0 Å². The molecule has 0 fully saturated rings. The molecule has 0 aliphatic carbocycles. The summed E-state index contributed by atoms with van der Waals surface area (Å²) in [5.74, 6) is 0. The molecule has 0 N–H and O–H groups in total. The van der Waals surface area contributed by atoms with Gasteiger partial charge in [-0.2, -0.15) is 0 Å². The molecule has 0 spiro atoms. The molecule has 2 heterocycles. The van der Waals surface area contributed by atoms with Crippen LogP contribution in [0.25, 0.3) is 21.8 Å². The molecule has 0 unspecified atom stereocenters. The van der Waals surface area contributed by atoms with Crippen LogP contribution in [0.1, 0.15) is 23.3 Å². The Morgan fingerprint density at radius 3 is 1.89 bits per heavy atom. The van der Waals surface area contributed by atoms with Gasteiger partial charge in [0, 0.05) is 28.7 Å². The van der Waals surface area contributed by atoms with Crippen LogP contribution >= 0.6 is 0 Å². The van der Waals surface area contributed by atoms with Gasteiger partial charge in [-0.05, 0) is 36.8 Å². The molecule has 27 heavy (non-hydrogen) atoms. The Bertz CT molecular complexity index is 1060. The standard InChI is InChI=1S/C10H7NO.C10H9N.CH4.O2Se/c12-7-8-3-4-9-2-1-5-11-10(9)6-8;1-8-4-5-9-3-2-6-11-10(9)7-8;;1-3-2/h1-7H;2-7H,1H3;1H4;. The summed E-state index contributed by atoms with van der Waals surface area (Å²) >= 11 is -1.62.